The summed E-state index contributed by atoms with van der Waals surface area (Å²) in [5.74, 6) is 0.788. The lowest BCUT2D eigenvalue weighted by molar-refractivity contribution is -0.168. The zero-order valence-corrected chi connectivity index (χ0v) is 32.3. The first-order valence-electron chi connectivity index (χ1n) is 17.1. The molecule has 282 valence electrons. The number of carbonyl (C=O) groups is 1. The quantitative estimate of drug-likeness (QED) is 0.0748. The van der Waals surface area contributed by atoms with Gasteiger partial charge in [0.1, 0.15) is 23.6 Å². The van der Waals surface area contributed by atoms with Gasteiger partial charge in [-0.05, 0) is 60.9 Å². The number of fused-ring (bicyclic) bond motifs is 1. The molecular weight excluding hydrogens is 710 g/mol. The molecule has 0 radical (unpaired) electrons. The molecule has 1 aliphatic rings. The molecule has 0 aliphatic carbocycles. The number of phosphoric ester groups is 1. The van der Waals surface area contributed by atoms with Gasteiger partial charge < -0.3 is 29.9 Å². The van der Waals surface area contributed by atoms with Crippen LogP contribution in [0.1, 0.15) is 65.7 Å². The number of rotatable bonds is 14. The van der Waals surface area contributed by atoms with Crippen LogP contribution in [0.25, 0.3) is 10.9 Å². The first-order chi connectivity index (χ1) is 24.4. The first-order valence-corrected chi connectivity index (χ1v) is 19.5. The zero-order chi connectivity index (χ0) is 37.9. The number of benzene rings is 2. The number of carbonyl (C=O) groups excluding carboxylic acids is 1. The van der Waals surface area contributed by atoms with Gasteiger partial charge >= 0.3 is 7.82 Å². The summed E-state index contributed by atoms with van der Waals surface area (Å²) in [6.45, 7) is 13.7. The summed E-state index contributed by atoms with van der Waals surface area (Å²) in [4.78, 5) is 48.9. The third kappa shape index (κ3) is 9.07. The summed E-state index contributed by atoms with van der Waals surface area (Å²) >= 11 is 1.30. The molecule has 1 aliphatic heterocycles. The van der Waals surface area contributed by atoms with Crippen LogP contribution in [0, 0.1) is 16.6 Å². The van der Waals surface area contributed by atoms with E-state index in [1.54, 1.807) is 31.5 Å². The maximum absolute atomic E-state index is 13.5. The fraction of sp³-hybridized carbons (Fsp3) is 0.500. The van der Waals surface area contributed by atoms with Crippen molar-refractivity contribution in [2.24, 2.45) is 10.8 Å². The van der Waals surface area contributed by atoms with Crippen LogP contribution in [0.4, 0.5) is 21.0 Å². The fourth-order valence-electron chi connectivity index (χ4n) is 7.56. The number of phosphoric acid groups is 1. The van der Waals surface area contributed by atoms with Gasteiger partial charge in [-0.2, -0.15) is 0 Å². The maximum Gasteiger partial charge on any atom is 0.470 e. The Morgan fingerprint density at radius 3 is 2.50 bits per heavy atom. The number of halogens is 1. The van der Waals surface area contributed by atoms with Crippen molar-refractivity contribution >= 4 is 52.6 Å². The minimum Gasteiger partial charge on any atom is -0.493 e. The number of ether oxygens (including phenoxy) is 2. The van der Waals surface area contributed by atoms with Crippen molar-refractivity contribution in [2.75, 3.05) is 37.4 Å². The van der Waals surface area contributed by atoms with Crippen molar-refractivity contribution in [1.29, 1.82) is 0 Å². The first kappa shape index (κ1) is 39.5. The second kappa shape index (κ2) is 15.7. The number of aromatic nitrogens is 3. The summed E-state index contributed by atoms with van der Waals surface area (Å²) < 4.78 is 43.6. The molecule has 13 nitrogen and oxygen atoms in total. The van der Waals surface area contributed by atoms with Crippen molar-refractivity contribution in [1.82, 2.24) is 19.9 Å². The van der Waals surface area contributed by atoms with Gasteiger partial charge in [0.15, 0.2) is 16.6 Å². The van der Waals surface area contributed by atoms with E-state index in [9.17, 15) is 23.5 Å². The molecule has 0 spiro atoms. The van der Waals surface area contributed by atoms with Crippen LogP contribution in [-0.4, -0.2) is 74.0 Å². The summed E-state index contributed by atoms with van der Waals surface area (Å²) in [5, 5.41) is 7.11. The molecule has 16 heteroatoms. The Hall–Kier alpha value is -3.72. The van der Waals surface area contributed by atoms with Crippen LogP contribution in [0.15, 0.2) is 48.9 Å². The Balaban J connectivity index is 1.24. The molecule has 0 bridgehead atoms. The number of amides is 1. The van der Waals surface area contributed by atoms with Gasteiger partial charge in [0.25, 0.3) is 0 Å². The second-order valence-corrected chi connectivity index (χ2v) is 17.2. The molecule has 0 unspecified atom stereocenters. The van der Waals surface area contributed by atoms with Crippen LogP contribution in [0.3, 0.4) is 0 Å². The predicted molar refractivity (Wildman–Crippen MR) is 200 cm³/mol. The smallest absolute Gasteiger partial charge is 0.470 e. The highest BCUT2D eigenvalue weighted by Crippen LogP contribution is 2.59. The number of hydrogen-bond acceptors (Lipinski definition) is 11. The third-order valence-corrected chi connectivity index (χ3v) is 10.8. The molecule has 52 heavy (non-hydrogen) atoms. The zero-order valence-electron chi connectivity index (χ0n) is 30.6. The van der Waals surface area contributed by atoms with E-state index >= 15 is 0 Å². The average Bonchev–Trinajstić information content (AvgIpc) is 3.69. The van der Waals surface area contributed by atoms with Crippen molar-refractivity contribution in [3.63, 3.8) is 0 Å². The van der Waals surface area contributed by atoms with Crippen LogP contribution < -0.4 is 20.1 Å². The largest absolute Gasteiger partial charge is 0.493 e. The van der Waals surface area contributed by atoms with Gasteiger partial charge in [-0.3, -0.25) is 14.2 Å². The highest BCUT2D eigenvalue weighted by molar-refractivity contribution is 7.46. The van der Waals surface area contributed by atoms with E-state index < -0.39 is 30.1 Å². The average molecular weight is 759 g/mol. The minimum atomic E-state index is -4.81. The summed E-state index contributed by atoms with van der Waals surface area (Å²) in [6.07, 6.45) is 5.43. The Kier molecular flexibility index (Phi) is 11.9. The van der Waals surface area contributed by atoms with Crippen LogP contribution in [0.5, 0.6) is 11.5 Å². The van der Waals surface area contributed by atoms with E-state index in [4.69, 9.17) is 14.0 Å². The van der Waals surface area contributed by atoms with E-state index in [0.717, 1.165) is 19.4 Å². The minimum absolute atomic E-state index is 0.0720. The molecule has 5 rings (SSSR count). The number of nitrogens with zero attached hydrogens (tertiary/aromatic N) is 4. The van der Waals surface area contributed by atoms with E-state index in [-0.39, 0.29) is 18.4 Å². The molecule has 2 aromatic carbocycles. The molecule has 3 heterocycles. The highest BCUT2D eigenvalue weighted by Gasteiger charge is 2.61. The molecule has 1 atom stereocenters. The van der Waals surface area contributed by atoms with Crippen molar-refractivity contribution in [3.8, 4) is 11.5 Å². The van der Waals surface area contributed by atoms with E-state index in [2.05, 4.69) is 30.5 Å². The SMILES string of the molecule is COc1cc2c(Nc3ncc(CC(=O)Nc4cccc(F)c4)s3)ncnc2cc1OCCCN1CCC[C@@H]1C(OP(=O)(O)O)(C(C)(C)C)C(C)(C)C. The van der Waals surface area contributed by atoms with Crippen molar-refractivity contribution < 1.29 is 37.5 Å². The molecule has 2 aromatic heterocycles. The second-order valence-electron chi connectivity index (χ2n) is 14.9. The summed E-state index contributed by atoms with van der Waals surface area (Å²) in [6, 6.07) is 9.10. The van der Waals surface area contributed by atoms with Gasteiger partial charge in [-0.15, -0.1) is 11.3 Å². The van der Waals surface area contributed by atoms with E-state index in [0.29, 0.717) is 63.5 Å². The van der Waals surface area contributed by atoms with Crippen LogP contribution in [-0.2, 0) is 20.3 Å². The normalized spacial score (nSPS) is 15.9. The Morgan fingerprint density at radius 2 is 1.83 bits per heavy atom. The lowest BCUT2D eigenvalue weighted by Gasteiger charge is -2.57. The molecule has 4 N–H and O–H groups in total. The lowest BCUT2D eigenvalue weighted by atomic mass is 9.58. The Bertz CT molecular complexity index is 1910. The number of thiazole rings is 1. The summed E-state index contributed by atoms with van der Waals surface area (Å²) in [5.41, 5.74) is -1.27. The number of hydrogen-bond donors (Lipinski definition) is 4. The van der Waals surface area contributed by atoms with Crippen molar-refractivity contribution in [3.05, 3.63) is 59.6 Å². The maximum atomic E-state index is 13.5. The molecular formula is C36H48FN6O7PS. The number of methoxy groups -OCH3 is 1. The standard InChI is InChI=1S/C36H48FN6O7PS/c1-34(2,3)36(35(4,5)6,50-51(45,46)47)30-13-9-14-43(30)15-10-16-49-29-20-27-26(19-28(29)48-7)32(40-22-39-27)42-33-38-21-25(52-33)18-31(44)41-24-12-8-11-23(37)17-24/h8,11-12,17,19-22,30H,9-10,13-16,18H2,1-7H3,(H,41,44)(H2,45,46,47)(H,38,39,40,42)/t30-/m1/s1. The molecule has 4 aromatic rings. The number of likely N-dealkylation sites (tertiary alicyclic amines) is 1. The molecule has 1 fully saturated rings. The molecule has 1 amide bonds. The fourth-order valence-corrected chi connectivity index (χ4v) is 9.42. The topological polar surface area (TPSA) is 168 Å². The van der Waals surface area contributed by atoms with Gasteiger partial charge in [0.2, 0.25) is 5.91 Å². The number of anilines is 3. The van der Waals surface area contributed by atoms with E-state index in [1.165, 1.54) is 35.9 Å². The van der Waals surface area contributed by atoms with Gasteiger partial charge in [0, 0.05) is 40.8 Å². The van der Waals surface area contributed by atoms with Gasteiger partial charge in [0.05, 0.1) is 25.7 Å². The predicted octanol–water partition coefficient (Wildman–Crippen LogP) is 7.33. The highest BCUT2D eigenvalue weighted by atomic mass is 32.1. The number of nitrogens with one attached hydrogen (secondary N) is 2. The van der Waals surface area contributed by atoms with Crippen molar-refractivity contribution in [2.45, 2.75) is 78.9 Å². The van der Waals surface area contributed by atoms with Crippen LogP contribution in [0.2, 0.25) is 0 Å². The summed E-state index contributed by atoms with van der Waals surface area (Å²) in [7, 11) is -3.25. The van der Waals surface area contributed by atoms with E-state index in [1.807, 2.05) is 41.5 Å². The Labute approximate surface area is 307 Å². The third-order valence-electron chi connectivity index (χ3n) is 9.31. The van der Waals surface area contributed by atoms with Gasteiger partial charge in [-0.1, -0.05) is 47.6 Å². The van der Waals surface area contributed by atoms with Gasteiger partial charge in [-0.25, -0.2) is 23.9 Å². The monoisotopic (exact) mass is 758 g/mol. The molecule has 1 saturated heterocycles. The van der Waals surface area contributed by atoms with Crippen LogP contribution >= 0.6 is 19.2 Å². The Morgan fingerprint density at radius 1 is 1.08 bits per heavy atom. The lowest BCUT2D eigenvalue weighted by Crippen LogP contribution is -2.65. The molecule has 0 saturated carbocycles.